The van der Waals surface area contributed by atoms with Gasteiger partial charge in [-0.3, -0.25) is 9.59 Å². The largest absolute Gasteiger partial charge is 0.465 e. The number of hydrogen-bond donors (Lipinski definition) is 0. The lowest BCUT2D eigenvalue weighted by Gasteiger charge is -2.29. The van der Waals surface area contributed by atoms with Crippen LogP contribution in [0.1, 0.15) is 80.8 Å². The number of aromatic nitrogens is 1. The molecule has 2 amide bonds. The zero-order chi connectivity index (χ0) is 30.5. The Morgan fingerprint density at radius 2 is 1.23 bits per heavy atom. The minimum absolute atomic E-state index is 0.00896. The monoisotopic (exact) mass is 556 g/mol. The van der Waals surface area contributed by atoms with Crippen molar-refractivity contribution >= 4 is 29.9 Å². The van der Waals surface area contributed by atoms with Crippen molar-refractivity contribution in [2.75, 3.05) is 11.5 Å². The standard InChI is InChI=1S/C30H40N2O8/c1-11-37-24(33)22(25(34)38-28(2,3)4)21-18-17-20(19-15-13-12-14-16-19)23(31-21)32(26(35)39-29(5,6)7)27(36)40-30(8,9)10/h12-18,22H,11H2,1-10H3. The SMILES string of the molecule is CCOC(=O)C(C(=O)OC(C)(C)C)c1ccc(-c2ccccc2)c(N(C(=O)OC(C)(C)C)C(=O)OC(C)(C)C)n1. The summed E-state index contributed by atoms with van der Waals surface area (Å²) in [6.45, 7) is 16.5. The maximum absolute atomic E-state index is 13.5. The number of anilines is 1. The second-order valence-corrected chi connectivity index (χ2v) is 12.0. The molecule has 1 aromatic heterocycles. The van der Waals surface area contributed by atoms with Gasteiger partial charge in [0.1, 0.15) is 16.8 Å². The number of rotatable bonds is 6. The van der Waals surface area contributed by atoms with E-state index in [0.29, 0.717) is 16.0 Å². The highest BCUT2D eigenvalue weighted by molar-refractivity contribution is 6.11. The van der Waals surface area contributed by atoms with Crippen LogP contribution in [0.2, 0.25) is 0 Å². The van der Waals surface area contributed by atoms with E-state index in [0.717, 1.165) is 0 Å². The summed E-state index contributed by atoms with van der Waals surface area (Å²) in [6.07, 6.45) is -2.10. The van der Waals surface area contributed by atoms with E-state index >= 15 is 0 Å². The van der Waals surface area contributed by atoms with Gasteiger partial charge in [0.25, 0.3) is 0 Å². The molecule has 0 fully saturated rings. The van der Waals surface area contributed by atoms with Gasteiger partial charge in [-0.25, -0.2) is 14.6 Å². The van der Waals surface area contributed by atoms with Crippen LogP contribution in [0.25, 0.3) is 11.1 Å². The van der Waals surface area contributed by atoms with Crippen molar-refractivity contribution in [3.63, 3.8) is 0 Å². The number of amides is 2. The van der Waals surface area contributed by atoms with Crippen molar-refractivity contribution < 1.29 is 38.1 Å². The van der Waals surface area contributed by atoms with Crippen LogP contribution in [-0.2, 0) is 28.5 Å². The van der Waals surface area contributed by atoms with E-state index in [1.54, 1.807) is 99.6 Å². The summed E-state index contributed by atoms with van der Waals surface area (Å²) in [5.74, 6) is -3.55. The van der Waals surface area contributed by atoms with Crippen LogP contribution in [0.15, 0.2) is 42.5 Å². The normalized spacial score (nSPS) is 12.7. The lowest BCUT2D eigenvalue weighted by Crippen LogP contribution is -2.44. The second kappa shape index (κ2) is 12.5. The maximum Gasteiger partial charge on any atom is 0.425 e. The summed E-state index contributed by atoms with van der Waals surface area (Å²) in [7, 11) is 0. The molecule has 1 aromatic carbocycles. The first kappa shape index (κ1) is 32.3. The Labute approximate surface area is 236 Å². The number of carbonyl (C=O) groups is 4. The number of ether oxygens (including phenoxy) is 4. The molecule has 0 N–H and O–H groups in total. The molecule has 0 bridgehead atoms. The molecule has 0 saturated heterocycles. The average molecular weight is 557 g/mol. The fraction of sp³-hybridized carbons (Fsp3) is 0.500. The van der Waals surface area contributed by atoms with Crippen molar-refractivity contribution in [3.8, 4) is 11.1 Å². The van der Waals surface area contributed by atoms with Gasteiger partial charge in [-0.1, -0.05) is 30.3 Å². The predicted molar refractivity (Wildman–Crippen MR) is 150 cm³/mol. The molecular formula is C30H40N2O8. The third kappa shape index (κ3) is 9.36. The van der Waals surface area contributed by atoms with Crippen LogP contribution < -0.4 is 4.90 Å². The van der Waals surface area contributed by atoms with Gasteiger partial charge in [-0.05, 0) is 86.9 Å². The Hall–Kier alpha value is -3.95. The highest BCUT2D eigenvalue weighted by Gasteiger charge is 2.39. The van der Waals surface area contributed by atoms with Crippen LogP contribution in [0.5, 0.6) is 0 Å². The Morgan fingerprint density at radius 3 is 1.68 bits per heavy atom. The molecule has 0 aliphatic rings. The average Bonchev–Trinajstić information content (AvgIpc) is 2.76. The Balaban J connectivity index is 2.86. The minimum Gasteiger partial charge on any atom is -0.465 e. The van der Waals surface area contributed by atoms with E-state index < -0.39 is 46.8 Å². The molecule has 1 heterocycles. The van der Waals surface area contributed by atoms with Gasteiger partial charge in [0, 0.05) is 5.56 Å². The van der Waals surface area contributed by atoms with Gasteiger partial charge in [0.05, 0.1) is 12.3 Å². The molecule has 218 valence electrons. The molecule has 0 saturated carbocycles. The zero-order valence-corrected chi connectivity index (χ0v) is 25.0. The molecule has 2 rings (SSSR count). The molecule has 0 spiro atoms. The first-order valence-electron chi connectivity index (χ1n) is 13.0. The van der Waals surface area contributed by atoms with Crippen LogP contribution in [0.4, 0.5) is 15.4 Å². The summed E-state index contributed by atoms with van der Waals surface area (Å²) in [6, 6.07) is 11.9. The topological polar surface area (TPSA) is 121 Å². The summed E-state index contributed by atoms with van der Waals surface area (Å²) >= 11 is 0. The van der Waals surface area contributed by atoms with Gasteiger partial charge in [0.15, 0.2) is 11.7 Å². The molecule has 10 nitrogen and oxygen atoms in total. The molecule has 2 aromatic rings. The minimum atomic E-state index is -1.58. The highest BCUT2D eigenvalue weighted by Crippen LogP contribution is 2.34. The van der Waals surface area contributed by atoms with E-state index in [9.17, 15) is 19.2 Å². The summed E-state index contributed by atoms with van der Waals surface area (Å²) in [5.41, 5.74) is -1.96. The molecule has 1 unspecified atom stereocenters. The number of pyridine rings is 1. The zero-order valence-electron chi connectivity index (χ0n) is 25.0. The summed E-state index contributed by atoms with van der Waals surface area (Å²) in [4.78, 5) is 58.4. The number of benzene rings is 1. The first-order chi connectivity index (χ1) is 18.3. The van der Waals surface area contributed by atoms with Gasteiger partial charge in [-0.15, -0.1) is 0 Å². The van der Waals surface area contributed by atoms with Gasteiger partial charge >= 0.3 is 24.1 Å². The van der Waals surface area contributed by atoms with Gasteiger partial charge in [-0.2, -0.15) is 4.90 Å². The smallest absolute Gasteiger partial charge is 0.425 e. The first-order valence-corrected chi connectivity index (χ1v) is 13.0. The van der Waals surface area contributed by atoms with Crippen molar-refractivity contribution in [1.82, 2.24) is 4.98 Å². The lowest BCUT2D eigenvalue weighted by atomic mass is 10.0. The maximum atomic E-state index is 13.5. The number of carbonyl (C=O) groups excluding carboxylic acids is 4. The Morgan fingerprint density at radius 1 is 0.725 bits per heavy atom. The van der Waals surface area contributed by atoms with E-state index in [4.69, 9.17) is 18.9 Å². The highest BCUT2D eigenvalue weighted by atomic mass is 16.6. The van der Waals surface area contributed by atoms with Crippen LogP contribution >= 0.6 is 0 Å². The molecular weight excluding hydrogens is 516 g/mol. The molecule has 40 heavy (non-hydrogen) atoms. The van der Waals surface area contributed by atoms with E-state index in [1.165, 1.54) is 6.07 Å². The van der Waals surface area contributed by atoms with Crippen molar-refractivity contribution in [3.05, 3.63) is 48.2 Å². The van der Waals surface area contributed by atoms with E-state index in [2.05, 4.69) is 4.98 Å². The van der Waals surface area contributed by atoms with Crippen LogP contribution in [0.3, 0.4) is 0 Å². The third-order valence-corrected chi connectivity index (χ3v) is 4.81. The third-order valence-electron chi connectivity index (χ3n) is 4.81. The fourth-order valence-corrected chi connectivity index (χ4v) is 3.42. The number of nitrogens with zero attached hydrogens (tertiary/aromatic N) is 2. The lowest BCUT2D eigenvalue weighted by molar-refractivity contribution is -0.164. The second-order valence-electron chi connectivity index (χ2n) is 12.0. The van der Waals surface area contributed by atoms with Crippen LogP contribution in [0, 0.1) is 0 Å². The summed E-state index contributed by atoms with van der Waals surface area (Å²) in [5, 5.41) is 0. The quantitative estimate of drug-likeness (QED) is 0.225. The van der Waals surface area contributed by atoms with Crippen molar-refractivity contribution in [1.29, 1.82) is 0 Å². The molecule has 1 atom stereocenters. The van der Waals surface area contributed by atoms with Crippen LogP contribution in [-0.4, -0.2) is 52.5 Å². The Kier molecular flexibility index (Phi) is 10.1. The van der Waals surface area contributed by atoms with Crippen molar-refractivity contribution in [2.24, 2.45) is 0 Å². The van der Waals surface area contributed by atoms with Gasteiger partial charge in [0.2, 0.25) is 0 Å². The molecule has 0 aliphatic carbocycles. The Bertz CT molecular complexity index is 1190. The molecule has 0 aliphatic heterocycles. The molecule has 0 radical (unpaired) electrons. The predicted octanol–water partition coefficient (Wildman–Crippen LogP) is 6.41. The fourth-order valence-electron chi connectivity index (χ4n) is 3.42. The number of hydrogen-bond acceptors (Lipinski definition) is 9. The van der Waals surface area contributed by atoms with Gasteiger partial charge < -0.3 is 18.9 Å². The number of imide groups is 1. The molecule has 10 heteroatoms. The van der Waals surface area contributed by atoms with E-state index in [1.807, 2.05) is 6.07 Å². The number of esters is 2. The van der Waals surface area contributed by atoms with Crippen molar-refractivity contribution in [2.45, 2.75) is 92.0 Å². The van der Waals surface area contributed by atoms with E-state index in [-0.39, 0.29) is 18.1 Å². The summed E-state index contributed by atoms with van der Waals surface area (Å²) < 4.78 is 21.7.